The van der Waals surface area contributed by atoms with Crippen molar-refractivity contribution in [2.75, 3.05) is 0 Å². The van der Waals surface area contributed by atoms with Crippen molar-refractivity contribution in [2.45, 2.75) is 12.0 Å². The number of hydrogen-bond acceptors (Lipinski definition) is 2. The highest BCUT2D eigenvalue weighted by molar-refractivity contribution is 5.82. The average molecular weight is 226 g/mol. The van der Waals surface area contributed by atoms with Gasteiger partial charge >= 0.3 is 5.97 Å². The molecule has 0 amide bonds. The second-order valence-electron chi connectivity index (χ2n) is 3.96. The van der Waals surface area contributed by atoms with Gasteiger partial charge in [0.1, 0.15) is 0 Å². The summed E-state index contributed by atoms with van der Waals surface area (Å²) in [5.74, 6) is -0.405. The van der Waals surface area contributed by atoms with Crippen molar-refractivity contribution in [1.29, 1.82) is 0 Å². The number of esters is 1. The molecule has 86 valence electrons. The Morgan fingerprint density at radius 2 is 1.88 bits per heavy atom. The summed E-state index contributed by atoms with van der Waals surface area (Å²) in [6.07, 6.45) is 9.38. The van der Waals surface area contributed by atoms with E-state index in [1.165, 1.54) is 6.08 Å². The SMILES string of the molecule is C=CC(=O)OC1(Cc2ccccc2)C=CC=C1. The summed E-state index contributed by atoms with van der Waals surface area (Å²) >= 11 is 0. The Morgan fingerprint density at radius 3 is 2.47 bits per heavy atom. The molecule has 1 aromatic carbocycles. The summed E-state index contributed by atoms with van der Waals surface area (Å²) in [6.45, 7) is 3.42. The minimum atomic E-state index is -0.660. The van der Waals surface area contributed by atoms with Gasteiger partial charge in [-0.3, -0.25) is 0 Å². The monoisotopic (exact) mass is 226 g/mol. The van der Waals surface area contributed by atoms with E-state index in [9.17, 15) is 4.79 Å². The second-order valence-corrected chi connectivity index (χ2v) is 3.96. The largest absolute Gasteiger partial charge is 0.447 e. The van der Waals surface area contributed by atoms with E-state index in [4.69, 9.17) is 4.74 Å². The van der Waals surface area contributed by atoms with Crippen molar-refractivity contribution in [3.63, 3.8) is 0 Å². The first-order chi connectivity index (χ1) is 8.24. The molecule has 0 saturated heterocycles. The number of rotatable bonds is 4. The Morgan fingerprint density at radius 1 is 1.24 bits per heavy atom. The van der Waals surface area contributed by atoms with E-state index in [2.05, 4.69) is 6.58 Å². The van der Waals surface area contributed by atoms with Gasteiger partial charge in [0, 0.05) is 12.5 Å². The van der Waals surface area contributed by atoms with Crippen LogP contribution in [0.2, 0.25) is 0 Å². The fourth-order valence-electron chi connectivity index (χ4n) is 1.86. The molecule has 0 unspecified atom stereocenters. The molecule has 2 heteroatoms. The third kappa shape index (κ3) is 2.72. The van der Waals surface area contributed by atoms with Crippen LogP contribution < -0.4 is 0 Å². The predicted octanol–water partition coefficient (Wildman–Crippen LogP) is 2.82. The van der Waals surface area contributed by atoms with E-state index in [0.29, 0.717) is 6.42 Å². The highest BCUT2D eigenvalue weighted by Crippen LogP contribution is 2.25. The lowest BCUT2D eigenvalue weighted by molar-refractivity contribution is -0.145. The van der Waals surface area contributed by atoms with E-state index in [1.807, 2.05) is 54.6 Å². The Bertz CT molecular complexity index is 457. The molecule has 1 aromatic rings. The van der Waals surface area contributed by atoms with Crippen LogP contribution in [0.3, 0.4) is 0 Å². The van der Waals surface area contributed by atoms with Gasteiger partial charge in [-0.1, -0.05) is 49.1 Å². The fraction of sp³-hybridized carbons (Fsp3) is 0.133. The smallest absolute Gasteiger partial charge is 0.331 e. The summed E-state index contributed by atoms with van der Waals surface area (Å²) in [5, 5.41) is 0. The molecule has 0 heterocycles. The van der Waals surface area contributed by atoms with Crippen molar-refractivity contribution >= 4 is 5.97 Å². The van der Waals surface area contributed by atoms with Crippen LogP contribution in [0.25, 0.3) is 0 Å². The number of benzene rings is 1. The highest BCUT2D eigenvalue weighted by atomic mass is 16.6. The lowest BCUT2D eigenvalue weighted by Gasteiger charge is -2.25. The van der Waals surface area contributed by atoms with Gasteiger partial charge in [-0.25, -0.2) is 4.79 Å². The predicted molar refractivity (Wildman–Crippen MR) is 67.4 cm³/mol. The zero-order chi connectivity index (χ0) is 12.1. The maximum absolute atomic E-state index is 11.4. The Hall–Kier alpha value is -2.09. The normalized spacial score (nSPS) is 15.8. The van der Waals surface area contributed by atoms with E-state index in [0.717, 1.165) is 5.56 Å². The first-order valence-corrected chi connectivity index (χ1v) is 5.50. The maximum Gasteiger partial charge on any atom is 0.331 e. The zero-order valence-electron chi connectivity index (χ0n) is 9.50. The first kappa shape index (κ1) is 11.4. The van der Waals surface area contributed by atoms with Gasteiger partial charge in [-0.05, 0) is 17.7 Å². The molecule has 0 radical (unpaired) electrons. The minimum absolute atomic E-state index is 0.405. The van der Waals surface area contributed by atoms with E-state index in [1.54, 1.807) is 0 Å². The number of ether oxygens (including phenoxy) is 1. The molecular formula is C15H14O2. The molecule has 2 nitrogen and oxygen atoms in total. The maximum atomic E-state index is 11.4. The van der Waals surface area contributed by atoms with Crippen LogP contribution in [0.4, 0.5) is 0 Å². The van der Waals surface area contributed by atoms with Crippen molar-refractivity contribution in [1.82, 2.24) is 0 Å². The lowest BCUT2D eigenvalue weighted by atomic mass is 9.96. The van der Waals surface area contributed by atoms with Crippen LogP contribution in [0.5, 0.6) is 0 Å². The molecule has 1 aliphatic carbocycles. The molecule has 0 aliphatic heterocycles. The van der Waals surface area contributed by atoms with Crippen LogP contribution in [0.1, 0.15) is 5.56 Å². The van der Waals surface area contributed by atoms with E-state index < -0.39 is 11.6 Å². The van der Waals surface area contributed by atoms with E-state index in [-0.39, 0.29) is 0 Å². The van der Waals surface area contributed by atoms with Crippen LogP contribution in [-0.2, 0) is 16.0 Å². The number of hydrogen-bond donors (Lipinski definition) is 0. The topological polar surface area (TPSA) is 26.3 Å². The van der Waals surface area contributed by atoms with Gasteiger partial charge in [-0.2, -0.15) is 0 Å². The third-order valence-electron chi connectivity index (χ3n) is 2.65. The summed E-state index contributed by atoms with van der Waals surface area (Å²) < 4.78 is 5.42. The van der Waals surface area contributed by atoms with Crippen LogP contribution in [0.15, 0.2) is 67.3 Å². The molecule has 0 aromatic heterocycles. The lowest BCUT2D eigenvalue weighted by Crippen LogP contribution is -2.31. The molecule has 17 heavy (non-hydrogen) atoms. The Balaban J connectivity index is 2.18. The molecule has 0 atom stereocenters. The summed E-state index contributed by atoms with van der Waals surface area (Å²) in [4.78, 5) is 11.4. The molecule has 0 fully saturated rings. The molecule has 0 saturated carbocycles. The standard InChI is InChI=1S/C15H14O2/c1-2-14(16)17-15(10-6-7-11-15)12-13-8-4-3-5-9-13/h2-11H,1,12H2. The number of carbonyl (C=O) groups is 1. The van der Waals surface area contributed by atoms with Gasteiger partial charge in [0.25, 0.3) is 0 Å². The quantitative estimate of drug-likeness (QED) is 0.583. The van der Waals surface area contributed by atoms with Gasteiger partial charge in [0.15, 0.2) is 5.60 Å². The number of carbonyl (C=O) groups excluding carboxylic acids is 1. The average Bonchev–Trinajstić information content (AvgIpc) is 2.78. The molecular weight excluding hydrogens is 212 g/mol. The van der Waals surface area contributed by atoms with Crippen molar-refractivity contribution in [3.05, 3.63) is 72.9 Å². The van der Waals surface area contributed by atoms with Gasteiger partial charge in [-0.15, -0.1) is 0 Å². The Kier molecular flexibility index (Phi) is 3.24. The Labute approximate surface area is 101 Å². The van der Waals surface area contributed by atoms with Crippen LogP contribution in [0, 0.1) is 0 Å². The summed E-state index contributed by atoms with van der Waals surface area (Å²) in [7, 11) is 0. The minimum Gasteiger partial charge on any atom is -0.447 e. The van der Waals surface area contributed by atoms with Crippen LogP contribution in [-0.4, -0.2) is 11.6 Å². The van der Waals surface area contributed by atoms with Crippen molar-refractivity contribution < 1.29 is 9.53 Å². The second kappa shape index (κ2) is 4.83. The van der Waals surface area contributed by atoms with Gasteiger partial charge < -0.3 is 4.74 Å². The van der Waals surface area contributed by atoms with Crippen molar-refractivity contribution in [2.24, 2.45) is 0 Å². The molecule has 0 spiro atoms. The zero-order valence-corrected chi connectivity index (χ0v) is 9.50. The van der Waals surface area contributed by atoms with Crippen LogP contribution >= 0.6 is 0 Å². The van der Waals surface area contributed by atoms with Crippen molar-refractivity contribution in [3.8, 4) is 0 Å². The third-order valence-corrected chi connectivity index (χ3v) is 2.65. The fourth-order valence-corrected chi connectivity index (χ4v) is 1.86. The summed E-state index contributed by atoms with van der Waals surface area (Å²) in [6, 6.07) is 9.95. The molecule has 0 N–H and O–H groups in total. The molecule has 2 rings (SSSR count). The highest BCUT2D eigenvalue weighted by Gasteiger charge is 2.30. The van der Waals surface area contributed by atoms with E-state index >= 15 is 0 Å². The molecule has 1 aliphatic rings. The number of allylic oxidation sites excluding steroid dienone is 2. The first-order valence-electron chi connectivity index (χ1n) is 5.50. The van der Waals surface area contributed by atoms with Gasteiger partial charge in [0.05, 0.1) is 0 Å². The van der Waals surface area contributed by atoms with Gasteiger partial charge in [0.2, 0.25) is 0 Å². The molecule has 0 bridgehead atoms. The summed E-state index contributed by atoms with van der Waals surface area (Å²) in [5.41, 5.74) is 0.465.